The van der Waals surface area contributed by atoms with E-state index in [1.807, 2.05) is 24.3 Å². The molecule has 2 heterocycles. The van der Waals surface area contributed by atoms with Crippen LogP contribution >= 0.6 is 0 Å². The average Bonchev–Trinajstić information content (AvgIpc) is 2.52. The van der Waals surface area contributed by atoms with Gasteiger partial charge in [0.25, 0.3) is 11.8 Å². The van der Waals surface area contributed by atoms with Gasteiger partial charge >= 0.3 is 0 Å². The molecule has 1 aromatic carbocycles. The van der Waals surface area contributed by atoms with Crippen LogP contribution in [0.5, 0.6) is 0 Å². The second kappa shape index (κ2) is 2.82. The van der Waals surface area contributed by atoms with Gasteiger partial charge in [-0.15, -0.1) is 0 Å². The number of nitrogens with zero attached hydrogens (tertiary/aromatic N) is 2. The van der Waals surface area contributed by atoms with Gasteiger partial charge in [0, 0.05) is 0 Å². The van der Waals surface area contributed by atoms with E-state index >= 15 is 0 Å². The number of hydrogen-bond acceptors (Lipinski definition) is 2. The van der Waals surface area contributed by atoms with Crippen molar-refractivity contribution in [2.45, 2.75) is 19.5 Å². The van der Waals surface area contributed by atoms with Gasteiger partial charge < -0.3 is 0 Å². The van der Waals surface area contributed by atoms with Crippen molar-refractivity contribution in [3.05, 3.63) is 35.4 Å². The fourth-order valence-corrected chi connectivity index (χ4v) is 2.12. The van der Waals surface area contributed by atoms with E-state index in [9.17, 15) is 9.59 Å². The standard InChI is InChI=1S/C11H10N2O2/c14-10-5-11(15)13-7-9-4-2-1-3-8(9)6-12(10)13/h1-4H,5-7H2. The third kappa shape index (κ3) is 1.14. The largest absolute Gasteiger partial charge is 0.272 e. The van der Waals surface area contributed by atoms with Crippen LogP contribution < -0.4 is 0 Å². The Labute approximate surface area is 87.1 Å². The number of amides is 2. The van der Waals surface area contributed by atoms with Crippen molar-refractivity contribution >= 4 is 11.8 Å². The molecule has 4 nitrogen and oxygen atoms in total. The third-order valence-electron chi connectivity index (χ3n) is 2.93. The summed E-state index contributed by atoms with van der Waals surface area (Å²) in [6.45, 7) is 1.06. The molecule has 2 amide bonds. The number of hydrazine groups is 1. The molecule has 0 spiro atoms. The lowest BCUT2D eigenvalue weighted by Gasteiger charge is -2.33. The number of carbonyl (C=O) groups is 2. The normalized spacial score (nSPS) is 19.2. The Hall–Kier alpha value is -1.84. The van der Waals surface area contributed by atoms with Gasteiger partial charge in [-0.3, -0.25) is 9.59 Å². The van der Waals surface area contributed by atoms with Crippen molar-refractivity contribution < 1.29 is 9.59 Å². The van der Waals surface area contributed by atoms with Gasteiger partial charge in [0.05, 0.1) is 13.1 Å². The Morgan fingerprint density at radius 3 is 1.80 bits per heavy atom. The van der Waals surface area contributed by atoms with Crippen LogP contribution in [0.1, 0.15) is 17.5 Å². The molecule has 2 aliphatic rings. The predicted molar refractivity (Wildman–Crippen MR) is 52.2 cm³/mol. The molecule has 3 rings (SSSR count). The van der Waals surface area contributed by atoms with E-state index in [-0.39, 0.29) is 18.2 Å². The van der Waals surface area contributed by atoms with Crippen LogP contribution in [0, 0.1) is 0 Å². The number of fused-ring (bicyclic) bond motifs is 2. The van der Waals surface area contributed by atoms with E-state index in [0.29, 0.717) is 13.1 Å². The summed E-state index contributed by atoms with van der Waals surface area (Å²) in [5.41, 5.74) is 2.27. The SMILES string of the molecule is O=C1CC(=O)N2Cc3ccccc3CN12. The zero-order valence-corrected chi connectivity index (χ0v) is 8.14. The molecule has 15 heavy (non-hydrogen) atoms. The zero-order chi connectivity index (χ0) is 10.4. The van der Waals surface area contributed by atoms with Gasteiger partial charge in [0.15, 0.2) is 0 Å². The molecule has 0 aliphatic carbocycles. The van der Waals surface area contributed by atoms with Crippen molar-refractivity contribution in [2.75, 3.05) is 0 Å². The van der Waals surface area contributed by atoms with Gasteiger partial charge in [-0.25, -0.2) is 10.0 Å². The summed E-state index contributed by atoms with van der Waals surface area (Å²) in [6.07, 6.45) is 0.0218. The molecule has 0 atom stereocenters. The Morgan fingerprint density at radius 2 is 1.33 bits per heavy atom. The lowest BCUT2D eigenvalue weighted by molar-refractivity contribution is -0.151. The Bertz CT molecular complexity index is 415. The van der Waals surface area contributed by atoms with Gasteiger partial charge in [-0.05, 0) is 11.1 Å². The second-order valence-electron chi connectivity index (χ2n) is 3.85. The lowest BCUT2D eigenvalue weighted by Crippen LogP contribution is -2.43. The summed E-state index contributed by atoms with van der Waals surface area (Å²) in [5.74, 6) is -0.177. The van der Waals surface area contributed by atoms with E-state index in [2.05, 4.69) is 0 Å². The molecule has 0 radical (unpaired) electrons. The highest BCUT2D eigenvalue weighted by Crippen LogP contribution is 2.27. The predicted octanol–water partition coefficient (Wildman–Crippen LogP) is 0.676. The van der Waals surface area contributed by atoms with Gasteiger partial charge in [-0.1, -0.05) is 24.3 Å². The molecule has 0 bridgehead atoms. The highest BCUT2D eigenvalue weighted by molar-refractivity contribution is 6.02. The fraction of sp³-hybridized carbons (Fsp3) is 0.273. The van der Waals surface area contributed by atoms with Gasteiger partial charge in [0.2, 0.25) is 0 Å². The first-order chi connectivity index (χ1) is 7.25. The van der Waals surface area contributed by atoms with Crippen LogP contribution in [0.15, 0.2) is 24.3 Å². The van der Waals surface area contributed by atoms with Crippen LogP contribution in [0.2, 0.25) is 0 Å². The second-order valence-corrected chi connectivity index (χ2v) is 3.85. The number of benzene rings is 1. The first-order valence-electron chi connectivity index (χ1n) is 4.93. The maximum Gasteiger partial charge on any atom is 0.251 e. The van der Waals surface area contributed by atoms with Crippen molar-refractivity contribution in [3.63, 3.8) is 0 Å². The van der Waals surface area contributed by atoms with Crippen LogP contribution in [0.3, 0.4) is 0 Å². The van der Waals surface area contributed by atoms with Crippen LogP contribution in [0.4, 0.5) is 0 Å². The summed E-state index contributed by atoms with van der Waals surface area (Å²) in [7, 11) is 0. The molecule has 2 aliphatic heterocycles. The molecule has 4 heteroatoms. The average molecular weight is 202 g/mol. The maximum atomic E-state index is 11.5. The first kappa shape index (κ1) is 8.47. The Morgan fingerprint density at radius 1 is 0.867 bits per heavy atom. The molecule has 0 saturated carbocycles. The molecular weight excluding hydrogens is 192 g/mol. The molecular formula is C11H10N2O2. The molecule has 1 aromatic rings. The highest BCUT2D eigenvalue weighted by Gasteiger charge is 2.38. The van der Waals surface area contributed by atoms with Crippen LogP contribution in [0.25, 0.3) is 0 Å². The van der Waals surface area contributed by atoms with E-state index < -0.39 is 0 Å². The summed E-state index contributed by atoms with van der Waals surface area (Å²) >= 11 is 0. The lowest BCUT2D eigenvalue weighted by atomic mass is 10.1. The summed E-state index contributed by atoms with van der Waals surface area (Å²) in [4.78, 5) is 23.0. The smallest absolute Gasteiger partial charge is 0.251 e. The van der Waals surface area contributed by atoms with Crippen molar-refractivity contribution in [1.29, 1.82) is 0 Å². The maximum absolute atomic E-state index is 11.5. The van der Waals surface area contributed by atoms with Crippen molar-refractivity contribution in [1.82, 2.24) is 10.0 Å². The monoisotopic (exact) mass is 202 g/mol. The quantitative estimate of drug-likeness (QED) is 0.580. The van der Waals surface area contributed by atoms with Crippen molar-refractivity contribution in [2.24, 2.45) is 0 Å². The minimum Gasteiger partial charge on any atom is -0.272 e. The van der Waals surface area contributed by atoms with E-state index in [0.717, 1.165) is 11.1 Å². The molecule has 1 fully saturated rings. The Balaban J connectivity index is 2.03. The van der Waals surface area contributed by atoms with Crippen molar-refractivity contribution in [3.8, 4) is 0 Å². The Kier molecular flexibility index (Phi) is 1.59. The minimum absolute atomic E-state index is 0.0218. The molecule has 0 unspecified atom stereocenters. The van der Waals surface area contributed by atoms with E-state index in [1.165, 1.54) is 0 Å². The summed E-state index contributed by atoms with van der Waals surface area (Å²) < 4.78 is 0. The zero-order valence-electron chi connectivity index (χ0n) is 8.14. The molecule has 76 valence electrons. The van der Waals surface area contributed by atoms with Gasteiger partial charge in [-0.2, -0.15) is 0 Å². The van der Waals surface area contributed by atoms with Crippen LogP contribution in [-0.2, 0) is 22.7 Å². The summed E-state index contributed by atoms with van der Waals surface area (Å²) in [6, 6.07) is 7.92. The molecule has 0 aromatic heterocycles. The number of carbonyl (C=O) groups excluding carboxylic acids is 2. The first-order valence-corrected chi connectivity index (χ1v) is 4.93. The van der Waals surface area contributed by atoms with Crippen LogP contribution in [-0.4, -0.2) is 21.8 Å². The fourth-order valence-electron chi connectivity index (χ4n) is 2.12. The van der Waals surface area contributed by atoms with E-state index in [1.54, 1.807) is 10.0 Å². The minimum atomic E-state index is -0.0884. The topological polar surface area (TPSA) is 40.6 Å². The van der Waals surface area contributed by atoms with E-state index in [4.69, 9.17) is 0 Å². The molecule has 1 saturated heterocycles. The summed E-state index contributed by atoms with van der Waals surface area (Å²) in [5, 5.41) is 3.09. The number of hydrogen-bond donors (Lipinski definition) is 0. The third-order valence-corrected chi connectivity index (χ3v) is 2.93. The van der Waals surface area contributed by atoms with Gasteiger partial charge in [0.1, 0.15) is 6.42 Å². The number of rotatable bonds is 0. The molecule has 0 N–H and O–H groups in total. The highest BCUT2D eigenvalue weighted by atomic mass is 16.2.